The van der Waals surface area contributed by atoms with Gasteiger partial charge >= 0.3 is 5.97 Å². The number of aryl methyl sites for hydroxylation is 1. The molecule has 1 saturated heterocycles. The number of ether oxygens (including phenoxy) is 1. The Morgan fingerprint density at radius 2 is 2.23 bits per heavy atom. The molecule has 1 aromatic heterocycles. The summed E-state index contributed by atoms with van der Waals surface area (Å²) < 4.78 is 10.7. The highest BCUT2D eigenvalue weighted by atomic mass is 16.5. The molecule has 2 rings (SSSR count). The molecular formula is C17H23NO4. The largest absolute Gasteiger partial charge is 0.462 e. The minimum Gasteiger partial charge on any atom is -0.462 e. The van der Waals surface area contributed by atoms with Crippen molar-refractivity contribution < 1.29 is 18.7 Å². The molecule has 5 heteroatoms. The van der Waals surface area contributed by atoms with Crippen LogP contribution < -0.4 is 0 Å². The molecule has 22 heavy (non-hydrogen) atoms. The molecule has 0 bridgehead atoms. The van der Waals surface area contributed by atoms with Gasteiger partial charge in [0.1, 0.15) is 5.76 Å². The van der Waals surface area contributed by atoms with E-state index in [1.807, 2.05) is 13.8 Å². The maximum Gasteiger partial charge on any atom is 0.333 e. The van der Waals surface area contributed by atoms with E-state index in [-0.39, 0.29) is 17.8 Å². The molecule has 120 valence electrons. The van der Waals surface area contributed by atoms with Crippen LogP contribution >= 0.6 is 0 Å². The summed E-state index contributed by atoms with van der Waals surface area (Å²) in [6.07, 6.45) is 3.61. The fourth-order valence-electron chi connectivity index (χ4n) is 2.52. The molecule has 0 spiro atoms. The zero-order chi connectivity index (χ0) is 16.1. The maximum absolute atomic E-state index is 12.4. The van der Waals surface area contributed by atoms with Crippen molar-refractivity contribution in [1.82, 2.24) is 4.90 Å². The Bertz CT molecular complexity index is 573. The molecule has 1 aliphatic heterocycles. The fourth-order valence-corrected chi connectivity index (χ4v) is 2.52. The third-order valence-corrected chi connectivity index (χ3v) is 3.96. The van der Waals surface area contributed by atoms with Crippen molar-refractivity contribution in [1.29, 1.82) is 0 Å². The molecule has 1 amide bonds. The van der Waals surface area contributed by atoms with Crippen LogP contribution in [0.4, 0.5) is 0 Å². The topological polar surface area (TPSA) is 59.8 Å². The zero-order valence-electron chi connectivity index (χ0n) is 13.4. The van der Waals surface area contributed by atoms with E-state index in [1.165, 1.54) is 0 Å². The van der Waals surface area contributed by atoms with Crippen molar-refractivity contribution >= 4 is 11.9 Å². The summed E-state index contributed by atoms with van der Waals surface area (Å²) >= 11 is 0. The van der Waals surface area contributed by atoms with Crippen molar-refractivity contribution in [3.05, 3.63) is 35.3 Å². The predicted octanol–water partition coefficient (Wildman–Crippen LogP) is 2.95. The van der Waals surface area contributed by atoms with Crippen molar-refractivity contribution in [2.75, 3.05) is 19.7 Å². The van der Waals surface area contributed by atoms with Crippen molar-refractivity contribution in [3.8, 4) is 0 Å². The molecule has 0 saturated carbocycles. The number of piperidine rings is 1. The van der Waals surface area contributed by atoms with Gasteiger partial charge < -0.3 is 14.1 Å². The van der Waals surface area contributed by atoms with E-state index in [2.05, 4.69) is 0 Å². The Morgan fingerprint density at radius 1 is 1.45 bits per heavy atom. The maximum atomic E-state index is 12.4. The van der Waals surface area contributed by atoms with Crippen LogP contribution in [0.25, 0.3) is 0 Å². The fraction of sp³-hybridized carbons (Fsp3) is 0.529. The number of carbonyl (C=O) groups is 2. The van der Waals surface area contributed by atoms with Gasteiger partial charge in [0.2, 0.25) is 0 Å². The second kappa shape index (κ2) is 7.29. The van der Waals surface area contributed by atoms with E-state index in [0.717, 1.165) is 25.1 Å². The number of esters is 1. The Labute approximate surface area is 130 Å². The lowest BCUT2D eigenvalue weighted by atomic mass is 9.99. The van der Waals surface area contributed by atoms with E-state index in [0.29, 0.717) is 24.5 Å². The first kappa shape index (κ1) is 16.3. The molecule has 1 aliphatic rings. The average molecular weight is 305 g/mol. The van der Waals surface area contributed by atoms with Gasteiger partial charge in [0, 0.05) is 24.6 Å². The van der Waals surface area contributed by atoms with E-state index >= 15 is 0 Å². The van der Waals surface area contributed by atoms with Gasteiger partial charge in [0.05, 0.1) is 6.61 Å². The Kier molecular flexibility index (Phi) is 5.41. The normalized spacial score (nSPS) is 19.1. The summed E-state index contributed by atoms with van der Waals surface area (Å²) in [5.41, 5.74) is 0.606. The van der Waals surface area contributed by atoms with Gasteiger partial charge in [-0.15, -0.1) is 0 Å². The number of amides is 1. The number of furan rings is 1. The molecule has 1 atom stereocenters. The highest BCUT2D eigenvalue weighted by Gasteiger charge is 2.27. The van der Waals surface area contributed by atoms with E-state index in [9.17, 15) is 9.59 Å². The number of nitrogens with zero attached hydrogens (tertiary/aromatic N) is 1. The molecule has 0 radical (unpaired) electrons. The molecule has 1 aromatic rings. The molecule has 1 fully saturated rings. The standard InChI is InChI=1S/C17H23NO4/c1-4-12(2)17(20)21-11-14-6-5-9-18(10-14)16(19)15-8-7-13(3)22-15/h4,7-8,14H,5-6,9-11H2,1-3H3/b12-4-. The van der Waals surface area contributed by atoms with Gasteiger partial charge in [0.25, 0.3) is 5.91 Å². The summed E-state index contributed by atoms with van der Waals surface area (Å²) in [7, 11) is 0. The lowest BCUT2D eigenvalue weighted by Gasteiger charge is -2.31. The van der Waals surface area contributed by atoms with Crippen LogP contribution in [0.5, 0.6) is 0 Å². The average Bonchev–Trinajstić information content (AvgIpc) is 2.97. The summed E-state index contributed by atoms with van der Waals surface area (Å²) in [5.74, 6) is 0.913. The number of rotatable bonds is 4. The molecule has 0 aliphatic carbocycles. The first-order valence-corrected chi connectivity index (χ1v) is 7.67. The third-order valence-electron chi connectivity index (χ3n) is 3.96. The van der Waals surface area contributed by atoms with Crippen molar-refractivity contribution in [3.63, 3.8) is 0 Å². The Morgan fingerprint density at radius 3 is 2.86 bits per heavy atom. The van der Waals surface area contributed by atoms with Crippen LogP contribution in [0.1, 0.15) is 43.0 Å². The van der Waals surface area contributed by atoms with E-state index in [1.54, 1.807) is 30.0 Å². The molecule has 5 nitrogen and oxygen atoms in total. The van der Waals surface area contributed by atoms with Crippen LogP contribution in [0.2, 0.25) is 0 Å². The highest BCUT2D eigenvalue weighted by molar-refractivity contribution is 5.91. The minimum atomic E-state index is -0.285. The molecule has 0 N–H and O–H groups in total. The number of hydrogen-bond donors (Lipinski definition) is 0. The SMILES string of the molecule is C/C=C(/C)C(=O)OCC1CCCN(C(=O)c2ccc(C)o2)C1. The predicted molar refractivity (Wildman–Crippen MR) is 82.5 cm³/mol. The van der Waals surface area contributed by atoms with E-state index in [4.69, 9.17) is 9.15 Å². The van der Waals surface area contributed by atoms with Crippen molar-refractivity contribution in [2.45, 2.75) is 33.6 Å². The molecule has 1 unspecified atom stereocenters. The number of allylic oxidation sites excluding steroid dienone is 1. The summed E-state index contributed by atoms with van der Waals surface area (Å²) in [6.45, 7) is 7.03. The minimum absolute atomic E-state index is 0.0891. The summed E-state index contributed by atoms with van der Waals surface area (Å²) in [4.78, 5) is 25.8. The second-order valence-corrected chi connectivity index (χ2v) is 5.74. The van der Waals surface area contributed by atoms with Gasteiger partial charge in [-0.3, -0.25) is 4.79 Å². The number of carbonyl (C=O) groups excluding carboxylic acids is 2. The third kappa shape index (κ3) is 4.00. The first-order chi connectivity index (χ1) is 10.5. The van der Waals surface area contributed by atoms with Crippen LogP contribution in [0, 0.1) is 12.8 Å². The second-order valence-electron chi connectivity index (χ2n) is 5.74. The zero-order valence-corrected chi connectivity index (χ0v) is 13.4. The van der Waals surface area contributed by atoms with Crippen LogP contribution in [0.15, 0.2) is 28.2 Å². The number of likely N-dealkylation sites (tertiary alicyclic amines) is 1. The monoisotopic (exact) mass is 305 g/mol. The molecule has 2 heterocycles. The van der Waals surface area contributed by atoms with Gasteiger partial charge in [-0.05, 0) is 45.7 Å². The number of hydrogen-bond acceptors (Lipinski definition) is 4. The first-order valence-electron chi connectivity index (χ1n) is 7.67. The quantitative estimate of drug-likeness (QED) is 0.634. The van der Waals surface area contributed by atoms with Gasteiger partial charge in [-0.1, -0.05) is 6.08 Å². The highest BCUT2D eigenvalue weighted by Crippen LogP contribution is 2.20. The van der Waals surface area contributed by atoms with Crippen molar-refractivity contribution in [2.24, 2.45) is 5.92 Å². The van der Waals surface area contributed by atoms with Crippen LogP contribution in [0.3, 0.4) is 0 Å². The molecule has 0 aromatic carbocycles. The molecular weight excluding hydrogens is 282 g/mol. The van der Waals surface area contributed by atoms with Gasteiger partial charge in [-0.2, -0.15) is 0 Å². The smallest absolute Gasteiger partial charge is 0.333 e. The Hall–Kier alpha value is -2.04. The Balaban J connectivity index is 1.89. The van der Waals surface area contributed by atoms with Gasteiger partial charge in [0.15, 0.2) is 5.76 Å². The van der Waals surface area contributed by atoms with Gasteiger partial charge in [-0.25, -0.2) is 4.79 Å². The summed E-state index contributed by atoms with van der Waals surface area (Å²) in [5, 5.41) is 0. The van der Waals surface area contributed by atoms with E-state index < -0.39 is 0 Å². The van der Waals surface area contributed by atoms with Crippen LogP contribution in [-0.4, -0.2) is 36.5 Å². The lowest BCUT2D eigenvalue weighted by Crippen LogP contribution is -2.41. The summed E-state index contributed by atoms with van der Waals surface area (Å²) in [6, 6.07) is 3.49. The lowest BCUT2D eigenvalue weighted by molar-refractivity contribution is -0.140. The van der Waals surface area contributed by atoms with Crippen LogP contribution in [-0.2, 0) is 9.53 Å².